The summed E-state index contributed by atoms with van der Waals surface area (Å²) in [5.41, 5.74) is 0. The van der Waals surface area contributed by atoms with E-state index in [2.05, 4.69) is 46.9 Å². The molecule has 0 rings (SSSR count). The van der Waals surface area contributed by atoms with E-state index in [4.69, 9.17) is 13.3 Å². The van der Waals surface area contributed by atoms with Crippen LogP contribution in [-0.4, -0.2) is 49.8 Å². The minimum atomic E-state index is -1.99. The number of rotatable bonds is 20. The van der Waals surface area contributed by atoms with E-state index in [0.29, 0.717) is 0 Å². The van der Waals surface area contributed by atoms with Gasteiger partial charge in [-0.1, -0.05) is 41.5 Å². The summed E-state index contributed by atoms with van der Waals surface area (Å²) >= 11 is 0. The average molecular weight is 420 g/mol. The first-order valence-electron chi connectivity index (χ1n) is 11.7. The maximum Gasteiger partial charge on any atom is 0.337 e. The Balaban J connectivity index is 4.15. The molecule has 6 heteroatoms. The Bertz CT molecular complexity index is 321. The third-order valence-electron chi connectivity index (χ3n) is 5.48. The quantitative estimate of drug-likeness (QED) is 0.192. The number of nitrogens with one attached hydrogen (secondary N) is 1. The van der Waals surface area contributed by atoms with Crippen LogP contribution >= 0.6 is 0 Å². The Morgan fingerprint density at radius 2 is 1.07 bits per heavy atom. The lowest BCUT2D eigenvalue weighted by atomic mass is 10.4. The molecule has 0 unspecified atom stereocenters. The summed E-state index contributed by atoms with van der Waals surface area (Å²) in [6.07, 6.45) is 5.68. The molecule has 0 aliphatic rings. The van der Waals surface area contributed by atoms with E-state index in [1.165, 1.54) is 24.6 Å². The highest BCUT2D eigenvalue weighted by Crippen LogP contribution is 2.24. The van der Waals surface area contributed by atoms with Gasteiger partial charge in [0.15, 0.2) is 8.32 Å². The van der Waals surface area contributed by atoms with Crippen LogP contribution in [0.25, 0.3) is 0 Å². The largest absolute Gasteiger partial charge is 0.417 e. The second-order valence-corrected chi connectivity index (χ2v) is 15.8. The van der Waals surface area contributed by atoms with Crippen molar-refractivity contribution in [2.45, 2.75) is 104 Å². The molecule has 0 saturated heterocycles. The third kappa shape index (κ3) is 11.8. The second-order valence-electron chi connectivity index (χ2n) is 7.66. The maximum absolute atomic E-state index is 6.32. The summed E-state index contributed by atoms with van der Waals surface area (Å²) in [7, 11) is -3.46. The van der Waals surface area contributed by atoms with Crippen molar-refractivity contribution in [3.8, 4) is 0 Å². The van der Waals surface area contributed by atoms with E-state index >= 15 is 0 Å². The molecule has 0 aromatic heterocycles. The lowest BCUT2D eigenvalue weighted by molar-refractivity contribution is 0.167. The molecule has 0 fully saturated rings. The lowest BCUT2D eigenvalue weighted by Crippen LogP contribution is -2.42. The smallest absolute Gasteiger partial charge is 0.337 e. The van der Waals surface area contributed by atoms with Crippen molar-refractivity contribution in [1.29, 1.82) is 0 Å². The van der Waals surface area contributed by atoms with Gasteiger partial charge in [0, 0.05) is 19.8 Å². The Labute approximate surface area is 172 Å². The first-order chi connectivity index (χ1) is 13.1. The van der Waals surface area contributed by atoms with E-state index < -0.39 is 16.9 Å². The van der Waals surface area contributed by atoms with Crippen molar-refractivity contribution in [3.63, 3.8) is 0 Å². The molecule has 0 radical (unpaired) electrons. The molecule has 0 aromatic rings. The molecule has 0 heterocycles. The van der Waals surface area contributed by atoms with Crippen LogP contribution in [0.15, 0.2) is 0 Å². The van der Waals surface area contributed by atoms with Crippen LogP contribution < -0.4 is 5.32 Å². The molecule has 0 aliphatic carbocycles. The summed E-state index contributed by atoms with van der Waals surface area (Å²) < 4.78 is 18.8. The van der Waals surface area contributed by atoms with Gasteiger partial charge in [-0.3, -0.25) is 0 Å². The predicted molar refractivity (Wildman–Crippen MR) is 123 cm³/mol. The highest BCUT2D eigenvalue weighted by atomic mass is 28.4. The van der Waals surface area contributed by atoms with Gasteiger partial charge >= 0.3 is 8.56 Å². The SMILES string of the molecule is CCCO[Si](CC)(CC)CCCNCCC[Si](CC)(OCCC)OCCC. The molecule has 0 bridgehead atoms. The predicted octanol–water partition coefficient (Wildman–Crippen LogP) is 6.08. The van der Waals surface area contributed by atoms with Gasteiger partial charge in [-0.2, -0.15) is 0 Å². The summed E-state index contributed by atoms with van der Waals surface area (Å²) in [6.45, 7) is 18.2. The van der Waals surface area contributed by atoms with Crippen molar-refractivity contribution in [2.24, 2.45) is 0 Å². The van der Waals surface area contributed by atoms with Gasteiger partial charge in [0.25, 0.3) is 0 Å². The third-order valence-corrected chi connectivity index (χ3v) is 13.8. The summed E-state index contributed by atoms with van der Waals surface area (Å²) in [4.78, 5) is 0. The Morgan fingerprint density at radius 3 is 1.52 bits per heavy atom. The van der Waals surface area contributed by atoms with E-state index in [1.807, 2.05) is 0 Å². The van der Waals surface area contributed by atoms with Crippen LogP contribution in [0.5, 0.6) is 0 Å². The van der Waals surface area contributed by atoms with Gasteiger partial charge in [-0.15, -0.1) is 0 Å². The van der Waals surface area contributed by atoms with Crippen LogP contribution in [0.1, 0.15) is 73.6 Å². The van der Waals surface area contributed by atoms with Crippen molar-refractivity contribution in [3.05, 3.63) is 0 Å². The molecule has 0 amide bonds. The van der Waals surface area contributed by atoms with Crippen LogP contribution in [0.3, 0.4) is 0 Å². The number of hydrogen-bond acceptors (Lipinski definition) is 4. The highest BCUT2D eigenvalue weighted by Gasteiger charge is 2.34. The molecule has 164 valence electrons. The molecule has 0 saturated carbocycles. The summed E-state index contributed by atoms with van der Waals surface area (Å²) in [6, 6.07) is 5.96. The zero-order valence-electron chi connectivity index (χ0n) is 19.3. The van der Waals surface area contributed by atoms with Crippen molar-refractivity contribution < 1.29 is 13.3 Å². The normalized spacial score (nSPS) is 12.7. The van der Waals surface area contributed by atoms with Crippen LogP contribution in [0.2, 0.25) is 30.2 Å². The molecule has 0 aliphatic heterocycles. The van der Waals surface area contributed by atoms with Crippen molar-refractivity contribution >= 4 is 16.9 Å². The zero-order valence-corrected chi connectivity index (χ0v) is 21.3. The van der Waals surface area contributed by atoms with Crippen LogP contribution in [0.4, 0.5) is 0 Å². The van der Waals surface area contributed by atoms with Gasteiger partial charge in [-0.25, -0.2) is 0 Å². The Morgan fingerprint density at radius 1 is 0.593 bits per heavy atom. The molecular formula is C21H49NO3Si2. The fourth-order valence-electron chi connectivity index (χ4n) is 3.48. The van der Waals surface area contributed by atoms with E-state index in [9.17, 15) is 0 Å². The second kappa shape index (κ2) is 17.2. The molecule has 0 spiro atoms. The van der Waals surface area contributed by atoms with Gasteiger partial charge in [-0.05, 0) is 75.4 Å². The standard InChI is InChI=1S/C21H49NO3Si2/c1-7-17-23-26(10-4,11-5)20-13-15-22-16-14-21-27(12-6,24-18-8-2)25-19-9-3/h22H,7-21H2,1-6H3. The molecular weight excluding hydrogens is 370 g/mol. The molecule has 1 N–H and O–H groups in total. The summed E-state index contributed by atoms with van der Waals surface area (Å²) in [5, 5.41) is 3.65. The summed E-state index contributed by atoms with van der Waals surface area (Å²) in [5.74, 6) is 0. The van der Waals surface area contributed by atoms with E-state index in [-0.39, 0.29) is 0 Å². The molecule has 4 nitrogen and oxygen atoms in total. The van der Waals surface area contributed by atoms with Crippen molar-refractivity contribution in [1.82, 2.24) is 5.32 Å². The van der Waals surface area contributed by atoms with Crippen molar-refractivity contribution in [2.75, 3.05) is 32.9 Å². The minimum absolute atomic E-state index is 0.843. The fraction of sp³-hybridized carbons (Fsp3) is 1.00. The zero-order chi connectivity index (χ0) is 20.4. The van der Waals surface area contributed by atoms with Crippen LogP contribution in [0, 0.1) is 0 Å². The molecule has 27 heavy (non-hydrogen) atoms. The van der Waals surface area contributed by atoms with Crippen LogP contribution in [-0.2, 0) is 13.3 Å². The number of hydrogen-bond donors (Lipinski definition) is 1. The van der Waals surface area contributed by atoms with Gasteiger partial charge in [0.05, 0.1) is 0 Å². The monoisotopic (exact) mass is 419 g/mol. The fourth-order valence-corrected chi connectivity index (χ4v) is 9.70. The Hall–Kier alpha value is 0.274. The van der Waals surface area contributed by atoms with Gasteiger partial charge in [0.2, 0.25) is 0 Å². The maximum atomic E-state index is 6.32. The Kier molecular flexibility index (Phi) is 17.3. The van der Waals surface area contributed by atoms with Gasteiger partial charge in [0.1, 0.15) is 0 Å². The first kappa shape index (κ1) is 27.3. The van der Waals surface area contributed by atoms with Gasteiger partial charge < -0.3 is 18.6 Å². The van der Waals surface area contributed by atoms with E-state index in [1.54, 1.807) is 0 Å². The minimum Gasteiger partial charge on any atom is -0.417 e. The van der Waals surface area contributed by atoms with E-state index in [0.717, 1.165) is 70.7 Å². The molecule has 0 aromatic carbocycles. The molecule has 0 atom stereocenters. The lowest BCUT2D eigenvalue weighted by Gasteiger charge is -2.30. The average Bonchev–Trinajstić information content (AvgIpc) is 2.71. The highest BCUT2D eigenvalue weighted by molar-refractivity contribution is 6.73. The first-order valence-corrected chi connectivity index (χ1v) is 16.5. The topological polar surface area (TPSA) is 39.7 Å².